The Labute approximate surface area is 176 Å². The van der Waals surface area contributed by atoms with Crippen LogP contribution in [0.3, 0.4) is 0 Å². The minimum Gasteiger partial charge on any atom is -0.466 e. The van der Waals surface area contributed by atoms with Crippen LogP contribution < -0.4 is 0 Å². The standard InChI is InChI=1S/C20H31F3N2O4Si/c1-8-28-16(27)9-15(26)14-12-24-25(17(14)20(21,22)23)13-10-19(5,11-13)29-30(6,7)18(2,3)4/h12-13H,8-11H2,1-7H3. The topological polar surface area (TPSA) is 70.4 Å². The molecule has 0 aliphatic heterocycles. The van der Waals surface area contributed by atoms with E-state index in [0.717, 1.165) is 10.9 Å². The van der Waals surface area contributed by atoms with E-state index in [9.17, 15) is 22.8 Å². The Morgan fingerprint density at radius 3 is 2.30 bits per heavy atom. The van der Waals surface area contributed by atoms with Crippen LogP contribution in [-0.2, 0) is 20.1 Å². The molecule has 1 aliphatic rings. The zero-order valence-electron chi connectivity index (χ0n) is 18.6. The number of alkyl halides is 3. The quantitative estimate of drug-likeness (QED) is 0.250. The normalized spacial score (nSPS) is 22.5. The van der Waals surface area contributed by atoms with E-state index >= 15 is 0 Å². The summed E-state index contributed by atoms with van der Waals surface area (Å²) in [5.41, 5.74) is -2.25. The number of Topliss-reactive ketones (excluding diaryl/α,β-unsaturated/α-hetero) is 1. The predicted octanol–water partition coefficient (Wildman–Crippen LogP) is 5.15. The van der Waals surface area contributed by atoms with Crippen molar-refractivity contribution in [3.63, 3.8) is 0 Å². The van der Waals surface area contributed by atoms with Crippen molar-refractivity contribution in [2.45, 2.75) is 89.8 Å². The highest BCUT2D eigenvalue weighted by Gasteiger charge is 2.52. The van der Waals surface area contributed by atoms with Gasteiger partial charge in [-0.15, -0.1) is 0 Å². The van der Waals surface area contributed by atoms with Crippen LogP contribution in [0.15, 0.2) is 6.20 Å². The highest BCUT2D eigenvalue weighted by atomic mass is 28.4. The van der Waals surface area contributed by atoms with Crippen molar-refractivity contribution < 1.29 is 31.9 Å². The number of ketones is 1. The SMILES string of the molecule is CCOC(=O)CC(=O)c1cnn(C2CC(C)(O[Si](C)(C)C(C)(C)C)C2)c1C(F)(F)F. The van der Waals surface area contributed by atoms with Crippen LogP contribution in [0, 0.1) is 0 Å². The maximum atomic E-state index is 13.8. The van der Waals surface area contributed by atoms with Crippen LogP contribution in [-0.4, -0.2) is 42.1 Å². The molecule has 0 unspecified atom stereocenters. The van der Waals surface area contributed by atoms with Gasteiger partial charge in [0.1, 0.15) is 6.42 Å². The van der Waals surface area contributed by atoms with E-state index < -0.39 is 55.6 Å². The van der Waals surface area contributed by atoms with Gasteiger partial charge in [0.25, 0.3) is 0 Å². The van der Waals surface area contributed by atoms with E-state index in [4.69, 9.17) is 4.43 Å². The lowest BCUT2D eigenvalue weighted by Crippen LogP contribution is -2.54. The van der Waals surface area contributed by atoms with Crippen molar-refractivity contribution in [2.24, 2.45) is 0 Å². The van der Waals surface area contributed by atoms with Gasteiger partial charge in [-0.05, 0) is 44.8 Å². The minimum absolute atomic E-state index is 0.0172. The Morgan fingerprint density at radius 1 is 1.27 bits per heavy atom. The first-order valence-corrected chi connectivity index (χ1v) is 13.0. The van der Waals surface area contributed by atoms with Gasteiger partial charge in [-0.2, -0.15) is 18.3 Å². The second kappa shape index (κ2) is 8.10. The fraction of sp³-hybridized carbons (Fsp3) is 0.750. The van der Waals surface area contributed by atoms with E-state index in [1.165, 1.54) is 0 Å². The first-order chi connectivity index (χ1) is 13.5. The molecule has 0 saturated heterocycles. The fourth-order valence-electron chi connectivity index (χ4n) is 3.53. The van der Waals surface area contributed by atoms with Crippen LogP contribution in [0.1, 0.15) is 76.0 Å². The zero-order chi connectivity index (χ0) is 23.1. The summed E-state index contributed by atoms with van der Waals surface area (Å²) in [6, 6.07) is -0.527. The summed E-state index contributed by atoms with van der Waals surface area (Å²) >= 11 is 0. The summed E-state index contributed by atoms with van der Waals surface area (Å²) in [6.45, 7) is 14.0. The molecule has 1 aliphatic carbocycles. The van der Waals surface area contributed by atoms with Crippen molar-refractivity contribution in [2.75, 3.05) is 6.61 Å². The Bertz CT molecular complexity index is 806. The second-order valence-electron chi connectivity index (χ2n) is 9.63. The Kier molecular flexibility index (Phi) is 6.64. The summed E-state index contributed by atoms with van der Waals surface area (Å²) in [6.07, 6.45) is -3.89. The first-order valence-electron chi connectivity index (χ1n) is 10.0. The molecule has 10 heteroatoms. The summed E-state index contributed by atoms with van der Waals surface area (Å²) < 4.78 is 53.3. The highest BCUT2D eigenvalue weighted by molar-refractivity contribution is 6.74. The number of halogens is 3. The van der Waals surface area contributed by atoms with Gasteiger partial charge < -0.3 is 9.16 Å². The zero-order valence-corrected chi connectivity index (χ0v) is 19.6. The van der Waals surface area contributed by atoms with Crippen LogP contribution in [0.2, 0.25) is 18.1 Å². The molecule has 1 fully saturated rings. The third kappa shape index (κ3) is 5.13. The number of hydrogen-bond acceptors (Lipinski definition) is 5. The van der Waals surface area contributed by atoms with Crippen molar-refractivity contribution in [3.05, 3.63) is 17.5 Å². The number of nitrogens with zero attached hydrogens (tertiary/aromatic N) is 2. The lowest BCUT2D eigenvalue weighted by molar-refractivity contribution is -0.149. The molecular formula is C20H31F3N2O4Si. The van der Waals surface area contributed by atoms with Crippen molar-refractivity contribution >= 4 is 20.1 Å². The molecule has 0 bridgehead atoms. The van der Waals surface area contributed by atoms with E-state index in [2.05, 4.69) is 43.7 Å². The average Bonchev–Trinajstić information content (AvgIpc) is 2.95. The predicted molar refractivity (Wildman–Crippen MR) is 108 cm³/mol. The fourth-order valence-corrected chi connectivity index (χ4v) is 5.23. The largest absolute Gasteiger partial charge is 0.466 e. The summed E-state index contributed by atoms with van der Waals surface area (Å²) in [7, 11) is -2.09. The van der Waals surface area contributed by atoms with Gasteiger partial charge in [-0.25, -0.2) is 0 Å². The smallest absolute Gasteiger partial charge is 0.433 e. The Morgan fingerprint density at radius 2 is 1.83 bits per heavy atom. The van der Waals surface area contributed by atoms with Gasteiger partial charge >= 0.3 is 12.1 Å². The third-order valence-electron chi connectivity index (χ3n) is 5.96. The Balaban J connectivity index is 2.23. The van der Waals surface area contributed by atoms with Gasteiger partial charge in [0.2, 0.25) is 0 Å². The van der Waals surface area contributed by atoms with Gasteiger partial charge in [0, 0.05) is 0 Å². The molecule has 170 valence electrons. The second-order valence-corrected chi connectivity index (χ2v) is 14.4. The van der Waals surface area contributed by atoms with Gasteiger partial charge in [0.15, 0.2) is 19.8 Å². The van der Waals surface area contributed by atoms with E-state index in [1.807, 2.05) is 6.92 Å². The van der Waals surface area contributed by atoms with Crippen LogP contribution >= 0.6 is 0 Å². The maximum Gasteiger partial charge on any atom is 0.433 e. The van der Waals surface area contributed by atoms with E-state index in [1.54, 1.807) is 6.92 Å². The molecule has 0 aromatic carbocycles. The number of carbonyl (C=O) groups excluding carboxylic acids is 2. The van der Waals surface area contributed by atoms with Gasteiger partial charge in [-0.1, -0.05) is 20.8 Å². The summed E-state index contributed by atoms with van der Waals surface area (Å²) in [5, 5.41) is 3.85. The monoisotopic (exact) mass is 448 g/mol. The molecule has 1 aromatic heterocycles. The van der Waals surface area contributed by atoms with Crippen LogP contribution in [0.4, 0.5) is 13.2 Å². The molecular weight excluding hydrogens is 417 g/mol. The van der Waals surface area contributed by atoms with Crippen molar-refractivity contribution in [1.29, 1.82) is 0 Å². The maximum absolute atomic E-state index is 13.8. The number of rotatable bonds is 7. The molecule has 1 heterocycles. The summed E-state index contributed by atoms with van der Waals surface area (Å²) in [4.78, 5) is 23.8. The van der Waals surface area contributed by atoms with Crippen molar-refractivity contribution in [1.82, 2.24) is 9.78 Å². The molecule has 0 atom stereocenters. The lowest BCUT2D eigenvalue weighted by Gasteiger charge is -2.52. The molecule has 30 heavy (non-hydrogen) atoms. The number of esters is 1. The number of carbonyl (C=O) groups is 2. The number of aromatic nitrogens is 2. The van der Waals surface area contributed by atoms with E-state index in [-0.39, 0.29) is 11.6 Å². The lowest BCUT2D eigenvalue weighted by atomic mass is 9.77. The van der Waals surface area contributed by atoms with Gasteiger partial charge in [0.05, 0.1) is 30.0 Å². The minimum atomic E-state index is -4.78. The van der Waals surface area contributed by atoms with Crippen molar-refractivity contribution in [3.8, 4) is 0 Å². The summed E-state index contributed by atoms with van der Waals surface area (Å²) in [5.74, 6) is -1.81. The third-order valence-corrected chi connectivity index (χ3v) is 10.6. The first kappa shape index (κ1) is 24.6. The molecule has 0 amide bonds. The van der Waals surface area contributed by atoms with Gasteiger partial charge in [-0.3, -0.25) is 14.3 Å². The van der Waals surface area contributed by atoms with E-state index in [0.29, 0.717) is 12.8 Å². The molecule has 1 saturated carbocycles. The van der Waals surface area contributed by atoms with Crippen LogP contribution in [0.25, 0.3) is 0 Å². The Hall–Kier alpha value is -1.68. The molecule has 0 N–H and O–H groups in total. The molecule has 2 rings (SSSR count). The molecule has 0 radical (unpaired) electrons. The number of hydrogen-bond donors (Lipinski definition) is 0. The van der Waals surface area contributed by atoms with Crippen LogP contribution in [0.5, 0.6) is 0 Å². The average molecular weight is 449 g/mol. The number of ether oxygens (including phenoxy) is 1. The highest BCUT2D eigenvalue weighted by Crippen LogP contribution is 2.50. The molecule has 0 spiro atoms. The molecule has 6 nitrogen and oxygen atoms in total. The molecule has 1 aromatic rings.